The summed E-state index contributed by atoms with van der Waals surface area (Å²) in [6, 6.07) is 0. The van der Waals surface area contributed by atoms with E-state index in [-0.39, 0.29) is 6.10 Å². The Balaban J connectivity index is 2.77. The molecule has 2 nitrogen and oxygen atoms in total. The molecule has 0 N–H and O–H groups in total. The molecule has 0 bridgehead atoms. The second-order valence-electron chi connectivity index (χ2n) is 3.53. The number of hydrogen-bond acceptors (Lipinski definition) is 2. The van der Waals surface area contributed by atoms with Crippen LogP contribution in [0.3, 0.4) is 0 Å². The van der Waals surface area contributed by atoms with Crippen molar-refractivity contribution < 1.29 is 9.47 Å². The second kappa shape index (κ2) is 5.89. The first-order valence-corrected chi connectivity index (χ1v) is 5.54. The van der Waals surface area contributed by atoms with Crippen molar-refractivity contribution >= 4 is 0 Å². The summed E-state index contributed by atoms with van der Waals surface area (Å²) in [5.74, 6) is 0. The summed E-state index contributed by atoms with van der Waals surface area (Å²) >= 11 is 0. The summed E-state index contributed by atoms with van der Waals surface area (Å²) in [5.41, 5.74) is -0.485. The van der Waals surface area contributed by atoms with Crippen molar-refractivity contribution in [2.45, 2.75) is 32.0 Å². The van der Waals surface area contributed by atoms with E-state index in [1.165, 1.54) is 0 Å². The molecule has 0 aromatic rings. The minimum absolute atomic E-state index is 0.0588. The first-order chi connectivity index (χ1) is 7.29. The normalized spacial score (nSPS) is 29.3. The van der Waals surface area contributed by atoms with Gasteiger partial charge < -0.3 is 9.47 Å². The van der Waals surface area contributed by atoms with Gasteiger partial charge in [-0.2, -0.15) is 0 Å². The zero-order valence-electron chi connectivity index (χ0n) is 9.61. The van der Waals surface area contributed by atoms with Crippen LogP contribution < -0.4 is 0 Å². The van der Waals surface area contributed by atoms with Gasteiger partial charge in [0, 0.05) is 13.2 Å². The van der Waals surface area contributed by atoms with Gasteiger partial charge in [0.2, 0.25) is 0 Å². The maximum absolute atomic E-state index is 5.85. The third-order valence-electron chi connectivity index (χ3n) is 2.42. The van der Waals surface area contributed by atoms with Crippen LogP contribution in [0.15, 0.2) is 37.0 Å². The van der Waals surface area contributed by atoms with Gasteiger partial charge in [-0.05, 0) is 19.4 Å². The van der Waals surface area contributed by atoms with E-state index < -0.39 is 5.60 Å². The quantitative estimate of drug-likeness (QED) is 0.625. The van der Waals surface area contributed by atoms with Crippen LogP contribution in [-0.2, 0) is 9.47 Å². The highest BCUT2D eigenvalue weighted by molar-refractivity contribution is 5.29. The highest BCUT2D eigenvalue weighted by Gasteiger charge is 2.34. The molecule has 0 aliphatic heterocycles. The fourth-order valence-corrected chi connectivity index (χ4v) is 1.63. The van der Waals surface area contributed by atoms with Gasteiger partial charge in [0.05, 0.1) is 0 Å². The molecule has 0 amide bonds. The Morgan fingerprint density at radius 1 is 1.40 bits per heavy atom. The minimum atomic E-state index is -0.485. The van der Waals surface area contributed by atoms with Gasteiger partial charge in [-0.1, -0.05) is 37.8 Å². The Kier molecular flexibility index (Phi) is 4.79. The average Bonchev–Trinajstić information content (AvgIpc) is 2.29. The summed E-state index contributed by atoms with van der Waals surface area (Å²) in [6.45, 7) is 9.32. The molecular formula is C13H20O2. The van der Waals surface area contributed by atoms with Gasteiger partial charge in [-0.15, -0.1) is 0 Å². The summed E-state index contributed by atoms with van der Waals surface area (Å²) in [5, 5.41) is 0. The first kappa shape index (κ1) is 12.2. The maximum Gasteiger partial charge on any atom is 0.134 e. The van der Waals surface area contributed by atoms with Gasteiger partial charge in [0.1, 0.15) is 11.7 Å². The highest BCUT2D eigenvalue weighted by atomic mass is 16.5. The molecule has 0 spiro atoms. The molecule has 0 aromatic heterocycles. The fraction of sp³-hybridized carbons (Fsp3) is 0.538. The molecule has 0 fully saturated rings. The van der Waals surface area contributed by atoms with E-state index in [0.717, 1.165) is 6.42 Å². The van der Waals surface area contributed by atoms with Crippen molar-refractivity contribution in [3.63, 3.8) is 0 Å². The standard InChI is InChI=1S/C13H20O2/c1-4-11-15-13(5-2)10-8-7-9-12(13)14-6-3/h5,7-10,12H,2,4,6,11H2,1,3H3. The molecule has 1 rings (SSSR count). The third kappa shape index (κ3) is 2.80. The molecule has 0 saturated heterocycles. The van der Waals surface area contributed by atoms with Crippen LogP contribution >= 0.6 is 0 Å². The van der Waals surface area contributed by atoms with Crippen LogP contribution in [0, 0.1) is 0 Å². The zero-order valence-corrected chi connectivity index (χ0v) is 9.61. The fourth-order valence-electron chi connectivity index (χ4n) is 1.63. The van der Waals surface area contributed by atoms with Gasteiger partial charge in [0.25, 0.3) is 0 Å². The molecule has 0 radical (unpaired) electrons. The van der Waals surface area contributed by atoms with E-state index in [0.29, 0.717) is 13.2 Å². The molecular weight excluding hydrogens is 188 g/mol. The summed E-state index contributed by atoms with van der Waals surface area (Å²) < 4.78 is 11.5. The Morgan fingerprint density at radius 3 is 2.80 bits per heavy atom. The molecule has 1 aliphatic carbocycles. The Morgan fingerprint density at radius 2 is 2.20 bits per heavy atom. The summed E-state index contributed by atoms with van der Waals surface area (Å²) in [7, 11) is 0. The Labute approximate surface area is 92.3 Å². The van der Waals surface area contributed by atoms with E-state index in [2.05, 4.69) is 13.5 Å². The zero-order chi connectivity index (χ0) is 11.1. The SMILES string of the molecule is C=CC1(OCCC)C=CC=CC1OCC. The van der Waals surface area contributed by atoms with Crippen LogP contribution in [0.4, 0.5) is 0 Å². The van der Waals surface area contributed by atoms with Gasteiger partial charge in [-0.25, -0.2) is 0 Å². The van der Waals surface area contributed by atoms with Gasteiger partial charge in [-0.3, -0.25) is 0 Å². The largest absolute Gasteiger partial charge is 0.371 e. The topological polar surface area (TPSA) is 18.5 Å². The van der Waals surface area contributed by atoms with Crippen LogP contribution in [0.5, 0.6) is 0 Å². The molecule has 0 saturated carbocycles. The van der Waals surface area contributed by atoms with Crippen LogP contribution in [0.1, 0.15) is 20.3 Å². The van der Waals surface area contributed by atoms with E-state index in [1.54, 1.807) is 0 Å². The van der Waals surface area contributed by atoms with Gasteiger partial charge >= 0.3 is 0 Å². The van der Waals surface area contributed by atoms with E-state index >= 15 is 0 Å². The van der Waals surface area contributed by atoms with Crippen molar-refractivity contribution in [3.8, 4) is 0 Å². The van der Waals surface area contributed by atoms with E-state index in [4.69, 9.17) is 9.47 Å². The minimum Gasteiger partial charge on any atom is -0.371 e. The van der Waals surface area contributed by atoms with Crippen LogP contribution in [-0.4, -0.2) is 24.9 Å². The Bertz CT molecular complexity index is 255. The molecule has 15 heavy (non-hydrogen) atoms. The van der Waals surface area contributed by atoms with Crippen LogP contribution in [0.2, 0.25) is 0 Å². The van der Waals surface area contributed by atoms with Crippen molar-refractivity contribution in [1.82, 2.24) is 0 Å². The summed E-state index contributed by atoms with van der Waals surface area (Å²) in [6.07, 6.45) is 10.7. The molecule has 0 heterocycles. The molecule has 1 aliphatic rings. The smallest absolute Gasteiger partial charge is 0.134 e. The molecule has 2 atom stereocenters. The second-order valence-corrected chi connectivity index (χ2v) is 3.53. The molecule has 84 valence electrons. The van der Waals surface area contributed by atoms with E-state index in [9.17, 15) is 0 Å². The van der Waals surface area contributed by atoms with Crippen molar-refractivity contribution in [2.75, 3.05) is 13.2 Å². The Hall–Kier alpha value is -0.860. The number of allylic oxidation sites excluding steroid dienone is 2. The van der Waals surface area contributed by atoms with Crippen molar-refractivity contribution in [1.29, 1.82) is 0 Å². The highest BCUT2D eigenvalue weighted by Crippen LogP contribution is 2.27. The maximum atomic E-state index is 5.85. The number of hydrogen-bond donors (Lipinski definition) is 0. The first-order valence-electron chi connectivity index (χ1n) is 5.54. The third-order valence-corrected chi connectivity index (χ3v) is 2.42. The van der Waals surface area contributed by atoms with Crippen molar-refractivity contribution in [2.24, 2.45) is 0 Å². The predicted molar refractivity (Wildman–Crippen MR) is 62.9 cm³/mol. The lowest BCUT2D eigenvalue weighted by atomic mass is 9.92. The summed E-state index contributed by atoms with van der Waals surface area (Å²) in [4.78, 5) is 0. The molecule has 2 heteroatoms. The average molecular weight is 208 g/mol. The van der Waals surface area contributed by atoms with Crippen molar-refractivity contribution in [3.05, 3.63) is 37.0 Å². The van der Waals surface area contributed by atoms with Crippen LogP contribution in [0.25, 0.3) is 0 Å². The molecule has 0 aromatic carbocycles. The lowest BCUT2D eigenvalue weighted by Gasteiger charge is -2.35. The predicted octanol–water partition coefficient (Wildman–Crippen LogP) is 2.87. The number of rotatable bonds is 6. The lowest BCUT2D eigenvalue weighted by Crippen LogP contribution is -2.43. The monoisotopic (exact) mass is 208 g/mol. The molecule has 2 unspecified atom stereocenters. The number of ether oxygens (including phenoxy) is 2. The lowest BCUT2D eigenvalue weighted by molar-refractivity contribution is -0.0708. The van der Waals surface area contributed by atoms with E-state index in [1.807, 2.05) is 37.3 Å². The van der Waals surface area contributed by atoms with Gasteiger partial charge in [0.15, 0.2) is 0 Å².